The predicted molar refractivity (Wildman–Crippen MR) is 139 cm³/mol. The van der Waals surface area contributed by atoms with Gasteiger partial charge in [0.2, 0.25) is 10.0 Å². The molecule has 0 aromatic heterocycles. The lowest BCUT2D eigenvalue weighted by Crippen LogP contribution is -2.55. The number of para-hydroxylation sites is 1. The van der Waals surface area contributed by atoms with E-state index in [4.69, 9.17) is 9.47 Å². The minimum Gasteiger partial charge on any atom is -0.466 e. The lowest BCUT2D eigenvalue weighted by Gasteiger charge is -2.45. The lowest BCUT2D eigenvalue weighted by atomic mass is 9.94. The number of carbonyl (C=O) groups excluding carboxylic acids is 2. The molecule has 0 unspecified atom stereocenters. The van der Waals surface area contributed by atoms with Gasteiger partial charge in [0.05, 0.1) is 36.4 Å². The Morgan fingerprint density at radius 3 is 2.11 bits per heavy atom. The smallest absolute Gasteiger partial charge is 0.355 e. The summed E-state index contributed by atoms with van der Waals surface area (Å²) in [4.78, 5) is 29.1. The predicted octanol–water partition coefficient (Wildman–Crippen LogP) is 4.24. The monoisotopic (exact) mass is 536 g/mol. The molecule has 0 saturated heterocycles. The molecule has 3 aromatic rings. The zero-order chi connectivity index (χ0) is 26.3. The Kier molecular flexibility index (Phi) is 6.57. The maximum Gasteiger partial charge on any atom is 0.355 e. The van der Waals surface area contributed by atoms with Crippen LogP contribution in [0.25, 0.3) is 0 Å². The number of esters is 2. The molecule has 2 aliphatic rings. The number of carbonyl (C=O) groups is 2. The van der Waals surface area contributed by atoms with Gasteiger partial charge in [-0.05, 0) is 36.8 Å². The van der Waals surface area contributed by atoms with E-state index in [-0.39, 0.29) is 16.2 Å². The fourth-order valence-corrected chi connectivity index (χ4v) is 7.86. The van der Waals surface area contributed by atoms with Crippen LogP contribution >= 0.6 is 11.8 Å². The van der Waals surface area contributed by atoms with E-state index in [0.717, 1.165) is 10.5 Å². The molecule has 0 fully saturated rings. The van der Waals surface area contributed by atoms with Gasteiger partial charge in [-0.15, -0.1) is 0 Å². The number of nitrogens with zero attached hydrogens (tertiary/aromatic N) is 2. The molecule has 8 nitrogen and oxygen atoms in total. The van der Waals surface area contributed by atoms with Gasteiger partial charge in [-0.2, -0.15) is 4.31 Å². The van der Waals surface area contributed by atoms with Gasteiger partial charge in [0, 0.05) is 4.90 Å². The number of benzene rings is 3. The summed E-state index contributed by atoms with van der Waals surface area (Å²) in [6.07, 6.45) is 0. The number of ether oxygens (including phenoxy) is 2. The third kappa shape index (κ3) is 4.11. The molecule has 0 radical (unpaired) electrons. The summed E-state index contributed by atoms with van der Waals surface area (Å²) < 4.78 is 40.3. The number of rotatable bonds is 5. The third-order valence-electron chi connectivity index (χ3n) is 6.32. The second-order valence-corrected chi connectivity index (χ2v) is 11.4. The second kappa shape index (κ2) is 9.70. The van der Waals surface area contributed by atoms with E-state index in [1.165, 1.54) is 30.3 Å². The van der Waals surface area contributed by atoms with Gasteiger partial charge in [-0.1, -0.05) is 71.9 Å². The molecule has 5 rings (SSSR count). The molecule has 0 N–H and O–H groups in total. The first kappa shape index (κ1) is 25.1. The van der Waals surface area contributed by atoms with Crippen LogP contribution in [0.3, 0.4) is 0 Å². The highest BCUT2D eigenvalue weighted by Gasteiger charge is 2.55. The van der Waals surface area contributed by atoms with Crippen molar-refractivity contribution in [1.29, 1.82) is 0 Å². The summed E-state index contributed by atoms with van der Waals surface area (Å²) in [5, 5.41) is 0. The molecule has 2 aliphatic heterocycles. The number of hydrogen-bond acceptors (Lipinski definition) is 8. The Bertz CT molecular complexity index is 1500. The highest BCUT2D eigenvalue weighted by atomic mass is 32.2. The largest absolute Gasteiger partial charge is 0.466 e. The van der Waals surface area contributed by atoms with Crippen LogP contribution in [0.1, 0.15) is 17.2 Å². The highest BCUT2D eigenvalue weighted by Crippen LogP contribution is 2.55. The van der Waals surface area contributed by atoms with Crippen molar-refractivity contribution in [3.63, 3.8) is 0 Å². The first-order valence-electron chi connectivity index (χ1n) is 11.4. The Morgan fingerprint density at radius 1 is 0.838 bits per heavy atom. The summed E-state index contributed by atoms with van der Waals surface area (Å²) in [6.45, 7) is 1.87. The Hall–Kier alpha value is -3.60. The lowest BCUT2D eigenvalue weighted by molar-refractivity contribution is -0.140. The fourth-order valence-electron chi connectivity index (χ4n) is 4.61. The molecule has 2 atom stereocenters. The van der Waals surface area contributed by atoms with Crippen LogP contribution in [0.5, 0.6) is 0 Å². The highest BCUT2D eigenvalue weighted by molar-refractivity contribution is 8.01. The summed E-state index contributed by atoms with van der Waals surface area (Å²) in [5.41, 5.74) is 0.929. The van der Waals surface area contributed by atoms with Gasteiger partial charge in [0.15, 0.2) is 5.50 Å². The quantitative estimate of drug-likeness (QED) is 0.447. The average Bonchev–Trinajstić information content (AvgIpc) is 3.30. The SMILES string of the molecule is COC(=O)C1=C(C(=O)OC)N2c3ccccc3S[C@@H]2N(S(=O)(=O)c2ccc(C)cc2)[C@@H]1c1ccccc1. The summed E-state index contributed by atoms with van der Waals surface area (Å²) in [7, 11) is -1.78. The van der Waals surface area contributed by atoms with Crippen molar-refractivity contribution in [3.05, 3.63) is 101 Å². The first-order chi connectivity index (χ1) is 17.8. The standard InChI is InChI=1S/C27H24N2O6S2/c1-17-13-15-19(16-14-17)37(32,33)29-23(18-9-5-4-6-10-18)22(25(30)34-2)24(26(31)35-3)28-20-11-7-8-12-21(20)36-27(28)29/h4-16,23,27H,1-3H3/t23-,27+/m1/s1. The van der Waals surface area contributed by atoms with Crippen LogP contribution in [-0.4, -0.2) is 44.4 Å². The molecular weight excluding hydrogens is 512 g/mol. The van der Waals surface area contributed by atoms with Crippen LogP contribution in [0.2, 0.25) is 0 Å². The van der Waals surface area contributed by atoms with Crippen LogP contribution in [0.15, 0.2) is 99.9 Å². The molecule has 0 bridgehead atoms. The number of sulfonamides is 1. The van der Waals surface area contributed by atoms with Crippen molar-refractivity contribution in [2.24, 2.45) is 0 Å². The van der Waals surface area contributed by atoms with Gasteiger partial charge in [-0.3, -0.25) is 0 Å². The summed E-state index contributed by atoms with van der Waals surface area (Å²) in [6, 6.07) is 21.4. The molecule has 37 heavy (non-hydrogen) atoms. The number of methoxy groups -OCH3 is 2. The van der Waals surface area contributed by atoms with Crippen molar-refractivity contribution in [2.45, 2.75) is 28.3 Å². The molecule has 0 saturated carbocycles. The summed E-state index contributed by atoms with van der Waals surface area (Å²) in [5.74, 6) is -1.60. The Balaban J connectivity index is 1.87. The normalized spacial score (nSPS) is 19.3. The Labute approximate surface area is 219 Å². The van der Waals surface area contributed by atoms with Crippen LogP contribution < -0.4 is 4.90 Å². The van der Waals surface area contributed by atoms with Crippen LogP contribution in [-0.2, 0) is 29.1 Å². The number of thioether (sulfide) groups is 1. The van der Waals surface area contributed by atoms with E-state index in [2.05, 4.69) is 0 Å². The first-order valence-corrected chi connectivity index (χ1v) is 13.7. The molecule has 0 aliphatic carbocycles. The van der Waals surface area contributed by atoms with Crippen molar-refractivity contribution in [3.8, 4) is 0 Å². The molecular formula is C27H24N2O6S2. The molecule has 0 spiro atoms. The number of anilines is 1. The van der Waals surface area contributed by atoms with E-state index in [1.807, 2.05) is 19.1 Å². The number of aryl methyl sites for hydroxylation is 1. The topological polar surface area (TPSA) is 93.2 Å². The van der Waals surface area contributed by atoms with Crippen molar-refractivity contribution < 1.29 is 27.5 Å². The van der Waals surface area contributed by atoms with E-state index in [1.54, 1.807) is 71.6 Å². The fraction of sp³-hybridized carbons (Fsp3) is 0.185. The van der Waals surface area contributed by atoms with Crippen molar-refractivity contribution >= 4 is 39.4 Å². The molecule has 3 aromatic carbocycles. The van der Waals surface area contributed by atoms with E-state index >= 15 is 0 Å². The van der Waals surface area contributed by atoms with Gasteiger partial charge >= 0.3 is 11.9 Å². The van der Waals surface area contributed by atoms with Gasteiger partial charge in [-0.25, -0.2) is 18.0 Å². The van der Waals surface area contributed by atoms with Gasteiger partial charge < -0.3 is 14.4 Å². The molecule has 190 valence electrons. The van der Waals surface area contributed by atoms with Gasteiger partial charge in [0.25, 0.3) is 0 Å². The van der Waals surface area contributed by atoms with Crippen LogP contribution in [0, 0.1) is 6.92 Å². The van der Waals surface area contributed by atoms with Gasteiger partial charge in [0.1, 0.15) is 5.70 Å². The zero-order valence-electron chi connectivity index (χ0n) is 20.3. The molecule has 0 amide bonds. The second-order valence-electron chi connectivity index (χ2n) is 8.49. The maximum atomic E-state index is 14.4. The zero-order valence-corrected chi connectivity index (χ0v) is 22.0. The Morgan fingerprint density at radius 2 is 1.46 bits per heavy atom. The summed E-state index contributed by atoms with van der Waals surface area (Å²) >= 11 is 1.28. The maximum absolute atomic E-state index is 14.4. The molecule has 10 heteroatoms. The molecule has 2 heterocycles. The third-order valence-corrected chi connectivity index (χ3v) is 9.53. The van der Waals surface area contributed by atoms with E-state index in [9.17, 15) is 18.0 Å². The average molecular weight is 537 g/mol. The minimum absolute atomic E-state index is 0.0546. The van der Waals surface area contributed by atoms with Crippen molar-refractivity contribution in [1.82, 2.24) is 4.31 Å². The van der Waals surface area contributed by atoms with E-state index < -0.39 is 33.5 Å². The van der Waals surface area contributed by atoms with Crippen LogP contribution in [0.4, 0.5) is 5.69 Å². The number of fused-ring (bicyclic) bond motifs is 3. The minimum atomic E-state index is -4.20. The number of hydrogen-bond donors (Lipinski definition) is 0. The van der Waals surface area contributed by atoms with E-state index in [0.29, 0.717) is 11.3 Å². The van der Waals surface area contributed by atoms with Crippen molar-refractivity contribution in [2.75, 3.05) is 19.1 Å².